The number of nitrogens with zero attached hydrogens (tertiary/aromatic N) is 3. The number of carbonyl (C=O) groups is 1. The Labute approximate surface area is 141 Å². The van der Waals surface area contributed by atoms with Gasteiger partial charge in [-0.3, -0.25) is 4.90 Å². The van der Waals surface area contributed by atoms with Crippen molar-refractivity contribution < 1.29 is 22.7 Å². The number of benzene rings is 1. The van der Waals surface area contributed by atoms with Crippen molar-refractivity contribution in [2.45, 2.75) is 18.8 Å². The largest absolute Gasteiger partial charge is 0.462 e. The molecule has 0 N–H and O–H groups in total. The topological polar surface area (TPSA) is 54.3 Å². The minimum atomic E-state index is -5.05. The molecule has 0 radical (unpaired) electrons. The Balaban J connectivity index is 2.23. The maximum Gasteiger partial charge on any atom is 0.445 e. The van der Waals surface area contributed by atoms with Crippen LogP contribution in [0.15, 0.2) is 64.7 Å². The average Bonchev–Trinajstić information content (AvgIpc) is 2.60. The number of amidine groups is 2. The predicted molar refractivity (Wildman–Crippen MR) is 86.0 cm³/mol. The Morgan fingerprint density at radius 3 is 2.56 bits per heavy atom. The SMILES string of the molecule is CCOC(=O)[C@]1(C(F)(F)F)N=C2C=CC=CN2C(c2ccccc2)=N1. The highest BCUT2D eigenvalue weighted by Gasteiger charge is 2.65. The van der Waals surface area contributed by atoms with Gasteiger partial charge < -0.3 is 4.74 Å². The molecular weight excluding hydrogens is 335 g/mol. The fourth-order valence-corrected chi connectivity index (χ4v) is 2.46. The highest BCUT2D eigenvalue weighted by molar-refractivity contribution is 6.16. The van der Waals surface area contributed by atoms with E-state index in [-0.39, 0.29) is 18.3 Å². The number of halogens is 3. The van der Waals surface area contributed by atoms with E-state index in [1.807, 2.05) is 0 Å². The van der Waals surface area contributed by atoms with Crippen molar-refractivity contribution in [1.29, 1.82) is 0 Å². The zero-order chi connectivity index (χ0) is 18.1. The smallest absolute Gasteiger partial charge is 0.445 e. The molecule has 3 rings (SSSR count). The molecule has 0 aromatic heterocycles. The van der Waals surface area contributed by atoms with E-state index >= 15 is 0 Å². The van der Waals surface area contributed by atoms with E-state index in [1.54, 1.807) is 36.4 Å². The molecule has 25 heavy (non-hydrogen) atoms. The Hall–Kier alpha value is -2.90. The maximum atomic E-state index is 13.8. The molecule has 8 heteroatoms. The van der Waals surface area contributed by atoms with Crippen LogP contribution in [-0.2, 0) is 9.53 Å². The monoisotopic (exact) mass is 349 g/mol. The Morgan fingerprint density at radius 2 is 1.92 bits per heavy atom. The molecule has 0 saturated heterocycles. The molecule has 1 aromatic carbocycles. The van der Waals surface area contributed by atoms with Crippen molar-refractivity contribution in [2.75, 3.05) is 6.61 Å². The third kappa shape index (κ3) is 2.84. The summed E-state index contributed by atoms with van der Waals surface area (Å²) >= 11 is 0. The number of allylic oxidation sites excluding steroid dienone is 2. The first-order chi connectivity index (χ1) is 11.9. The second-order valence-corrected chi connectivity index (χ2v) is 5.23. The Bertz CT molecular complexity index is 797. The summed E-state index contributed by atoms with van der Waals surface area (Å²) in [5.74, 6) is -1.62. The molecule has 0 bridgehead atoms. The van der Waals surface area contributed by atoms with Crippen LogP contribution in [-0.4, -0.2) is 41.0 Å². The van der Waals surface area contributed by atoms with Crippen molar-refractivity contribution in [3.63, 3.8) is 0 Å². The zero-order valence-electron chi connectivity index (χ0n) is 13.2. The lowest BCUT2D eigenvalue weighted by atomic mass is 10.1. The number of carbonyl (C=O) groups excluding carboxylic acids is 1. The first-order valence-electron chi connectivity index (χ1n) is 7.52. The van der Waals surface area contributed by atoms with Crippen LogP contribution in [0, 0.1) is 0 Å². The zero-order valence-corrected chi connectivity index (χ0v) is 13.2. The molecule has 2 aliphatic rings. The van der Waals surface area contributed by atoms with E-state index in [0.717, 1.165) is 0 Å². The quantitative estimate of drug-likeness (QED) is 0.788. The van der Waals surface area contributed by atoms with Gasteiger partial charge in [-0.25, -0.2) is 14.8 Å². The number of alkyl halides is 3. The number of aliphatic imine (C=N–C) groups is 2. The fourth-order valence-electron chi connectivity index (χ4n) is 2.46. The summed E-state index contributed by atoms with van der Waals surface area (Å²) in [6.07, 6.45) is 1.05. The van der Waals surface area contributed by atoms with Gasteiger partial charge in [-0.15, -0.1) is 0 Å². The lowest BCUT2D eigenvalue weighted by Crippen LogP contribution is -2.55. The normalized spacial score (nSPS) is 22.2. The predicted octanol–water partition coefficient (Wildman–Crippen LogP) is 3.05. The van der Waals surface area contributed by atoms with Crippen LogP contribution >= 0.6 is 0 Å². The number of rotatable bonds is 3. The van der Waals surface area contributed by atoms with Crippen molar-refractivity contribution in [3.05, 3.63) is 60.3 Å². The van der Waals surface area contributed by atoms with Gasteiger partial charge in [0.05, 0.1) is 6.61 Å². The minimum Gasteiger partial charge on any atom is -0.462 e. The number of esters is 1. The second-order valence-electron chi connectivity index (χ2n) is 5.23. The molecule has 5 nitrogen and oxygen atoms in total. The van der Waals surface area contributed by atoms with Gasteiger partial charge in [-0.05, 0) is 19.1 Å². The van der Waals surface area contributed by atoms with Gasteiger partial charge in [0.15, 0.2) is 0 Å². The van der Waals surface area contributed by atoms with Gasteiger partial charge in [-0.2, -0.15) is 13.2 Å². The summed E-state index contributed by atoms with van der Waals surface area (Å²) < 4.78 is 46.2. The van der Waals surface area contributed by atoms with Crippen LogP contribution in [0.5, 0.6) is 0 Å². The molecular formula is C17H14F3N3O2. The van der Waals surface area contributed by atoms with E-state index in [0.29, 0.717) is 5.56 Å². The molecule has 0 saturated carbocycles. The van der Waals surface area contributed by atoms with Gasteiger partial charge in [0.25, 0.3) is 0 Å². The van der Waals surface area contributed by atoms with E-state index in [2.05, 4.69) is 14.7 Å². The summed E-state index contributed by atoms with van der Waals surface area (Å²) in [6.45, 7) is 1.21. The average molecular weight is 349 g/mol. The van der Waals surface area contributed by atoms with Crippen LogP contribution in [0.4, 0.5) is 13.2 Å². The number of fused-ring (bicyclic) bond motifs is 1. The fraction of sp³-hybridized carbons (Fsp3) is 0.235. The number of hydrogen-bond acceptors (Lipinski definition) is 5. The lowest BCUT2D eigenvalue weighted by Gasteiger charge is -2.35. The number of ether oxygens (including phenoxy) is 1. The van der Waals surface area contributed by atoms with E-state index in [1.165, 1.54) is 30.2 Å². The summed E-state index contributed by atoms with van der Waals surface area (Å²) in [6, 6.07) is 8.30. The summed E-state index contributed by atoms with van der Waals surface area (Å²) in [5.41, 5.74) is -2.90. The maximum absolute atomic E-state index is 13.8. The molecule has 0 unspecified atom stereocenters. The lowest BCUT2D eigenvalue weighted by molar-refractivity contribution is -0.203. The first-order valence-corrected chi connectivity index (χ1v) is 7.52. The molecule has 1 atom stereocenters. The van der Waals surface area contributed by atoms with Crippen LogP contribution in [0.2, 0.25) is 0 Å². The Morgan fingerprint density at radius 1 is 1.20 bits per heavy atom. The van der Waals surface area contributed by atoms with Crippen molar-refractivity contribution in [1.82, 2.24) is 4.90 Å². The van der Waals surface area contributed by atoms with E-state index in [4.69, 9.17) is 0 Å². The summed E-state index contributed by atoms with van der Waals surface area (Å²) in [7, 11) is 0. The van der Waals surface area contributed by atoms with E-state index in [9.17, 15) is 18.0 Å². The highest BCUT2D eigenvalue weighted by atomic mass is 19.4. The highest BCUT2D eigenvalue weighted by Crippen LogP contribution is 2.40. The van der Waals surface area contributed by atoms with Gasteiger partial charge >= 0.3 is 17.8 Å². The van der Waals surface area contributed by atoms with Crippen molar-refractivity contribution in [2.24, 2.45) is 9.98 Å². The molecule has 2 aliphatic heterocycles. The van der Waals surface area contributed by atoms with Crippen LogP contribution in [0.25, 0.3) is 0 Å². The van der Waals surface area contributed by atoms with Crippen LogP contribution < -0.4 is 0 Å². The third-order valence-corrected chi connectivity index (χ3v) is 3.60. The molecule has 0 aliphatic carbocycles. The summed E-state index contributed by atoms with van der Waals surface area (Å²) in [4.78, 5) is 20.9. The van der Waals surface area contributed by atoms with Crippen LogP contribution in [0.3, 0.4) is 0 Å². The molecule has 0 amide bonds. The Kier molecular flexibility index (Phi) is 4.20. The molecule has 1 aromatic rings. The van der Waals surface area contributed by atoms with Crippen LogP contribution in [0.1, 0.15) is 12.5 Å². The summed E-state index contributed by atoms with van der Waals surface area (Å²) in [5, 5.41) is 0. The second kappa shape index (κ2) is 6.19. The number of hydrogen-bond donors (Lipinski definition) is 0. The van der Waals surface area contributed by atoms with Gasteiger partial charge in [0, 0.05) is 11.8 Å². The third-order valence-electron chi connectivity index (χ3n) is 3.60. The van der Waals surface area contributed by atoms with Crippen molar-refractivity contribution >= 4 is 17.6 Å². The molecule has 0 spiro atoms. The van der Waals surface area contributed by atoms with Gasteiger partial charge in [0.2, 0.25) is 0 Å². The van der Waals surface area contributed by atoms with Gasteiger partial charge in [-0.1, -0.05) is 36.4 Å². The van der Waals surface area contributed by atoms with Crippen molar-refractivity contribution in [3.8, 4) is 0 Å². The molecule has 0 fully saturated rings. The molecule has 130 valence electrons. The molecule has 2 heterocycles. The van der Waals surface area contributed by atoms with E-state index < -0.39 is 17.8 Å². The minimum absolute atomic E-state index is 0.0309. The van der Waals surface area contributed by atoms with Gasteiger partial charge in [0.1, 0.15) is 11.7 Å². The standard InChI is InChI=1S/C17H14F3N3O2/c1-2-25-15(24)16(17(18,19)20)21-13-10-6-7-11-23(13)14(22-16)12-8-4-3-5-9-12/h3-11H,2H2,1H3/t16-/m0/s1. The first kappa shape index (κ1) is 16.9.